The monoisotopic (exact) mass is 250 g/mol. The lowest BCUT2D eigenvalue weighted by Crippen LogP contribution is -2.37. The van der Waals surface area contributed by atoms with Crippen LogP contribution in [0, 0.1) is 0 Å². The van der Waals surface area contributed by atoms with Crippen LogP contribution in [0.3, 0.4) is 0 Å². The van der Waals surface area contributed by atoms with E-state index in [0.29, 0.717) is 17.2 Å². The van der Waals surface area contributed by atoms with Crippen LogP contribution in [0.4, 0.5) is 0 Å². The summed E-state index contributed by atoms with van der Waals surface area (Å²) in [5.74, 6) is 0.478. The summed E-state index contributed by atoms with van der Waals surface area (Å²) < 4.78 is 5.04. The summed E-state index contributed by atoms with van der Waals surface area (Å²) in [6.07, 6.45) is 0. The third-order valence-electron chi connectivity index (χ3n) is 1.79. The zero-order valence-corrected chi connectivity index (χ0v) is 10.3. The lowest BCUT2D eigenvalue weighted by Gasteiger charge is -2.10. The first kappa shape index (κ1) is 14.2. The SMILES string of the molecule is COc1ccsc1C(=O)N[C@H](C)CN.Cl. The number of ether oxygens (including phenoxy) is 1. The molecule has 1 aromatic heterocycles. The highest BCUT2D eigenvalue weighted by molar-refractivity contribution is 7.12. The van der Waals surface area contributed by atoms with Crippen LogP contribution >= 0.6 is 23.7 Å². The molecule has 0 aromatic carbocycles. The maximum absolute atomic E-state index is 11.6. The molecule has 0 fully saturated rings. The van der Waals surface area contributed by atoms with E-state index in [0.717, 1.165) is 0 Å². The van der Waals surface area contributed by atoms with E-state index in [2.05, 4.69) is 5.32 Å². The summed E-state index contributed by atoms with van der Waals surface area (Å²) in [7, 11) is 1.55. The highest BCUT2D eigenvalue weighted by Crippen LogP contribution is 2.23. The van der Waals surface area contributed by atoms with E-state index in [1.165, 1.54) is 11.3 Å². The molecule has 0 radical (unpaired) electrons. The van der Waals surface area contributed by atoms with Gasteiger partial charge in [-0.2, -0.15) is 0 Å². The second-order valence-electron chi connectivity index (χ2n) is 2.93. The van der Waals surface area contributed by atoms with Crippen molar-refractivity contribution in [2.24, 2.45) is 5.73 Å². The van der Waals surface area contributed by atoms with Crippen molar-refractivity contribution in [2.45, 2.75) is 13.0 Å². The van der Waals surface area contributed by atoms with Crippen LogP contribution in [0.1, 0.15) is 16.6 Å². The molecule has 6 heteroatoms. The van der Waals surface area contributed by atoms with Gasteiger partial charge in [0, 0.05) is 12.6 Å². The number of carbonyl (C=O) groups excluding carboxylic acids is 1. The number of methoxy groups -OCH3 is 1. The van der Waals surface area contributed by atoms with E-state index in [1.807, 2.05) is 12.3 Å². The van der Waals surface area contributed by atoms with E-state index < -0.39 is 0 Å². The molecule has 0 saturated carbocycles. The molecular formula is C9H15ClN2O2S. The van der Waals surface area contributed by atoms with E-state index in [9.17, 15) is 4.79 Å². The van der Waals surface area contributed by atoms with Gasteiger partial charge in [-0.1, -0.05) is 0 Å². The van der Waals surface area contributed by atoms with Gasteiger partial charge in [-0.25, -0.2) is 0 Å². The summed E-state index contributed by atoms with van der Waals surface area (Å²) in [6.45, 7) is 2.29. The van der Waals surface area contributed by atoms with Crippen LogP contribution in [-0.2, 0) is 0 Å². The average molecular weight is 251 g/mol. The Morgan fingerprint density at radius 2 is 2.40 bits per heavy atom. The maximum atomic E-state index is 11.6. The van der Waals surface area contributed by atoms with Gasteiger partial charge in [0.1, 0.15) is 10.6 Å². The largest absolute Gasteiger partial charge is 0.495 e. The van der Waals surface area contributed by atoms with Crippen molar-refractivity contribution in [2.75, 3.05) is 13.7 Å². The third kappa shape index (κ3) is 3.70. The Hall–Kier alpha value is -0.780. The van der Waals surface area contributed by atoms with Crippen LogP contribution in [0.15, 0.2) is 11.4 Å². The fraction of sp³-hybridized carbons (Fsp3) is 0.444. The van der Waals surface area contributed by atoms with Crippen LogP contribution in [-0.4, -0.2) is 25.6 Å². The minimum absolute atomic E-state index is 0. The third-order valence-corrected chi connectivity index (χ3v) is 2.68. The normalized spacial score (nSPS) is 11.4. The van der Waals surface area contributed by atoms with Crippen LogP contribution in [0.2, 0.25) is 0 Å². The maximum Gasteiger partial charge on any atom is 0.265 e. The van der Waals surface area contributed by atoms with E-state index >= 15 is 0 Å². The second-order valence-corrected chi connectivity index (χ2v) is 3.84. The van der Waals surface area contributed by atoms with Crippen molar-refractivity contribution < 1.29 is 9.53 Å². The fourth-order valence-electron chi connectivity index (χ4n) is 0.972. The van der Waals surface area contributed by atoms with Gasteiger partial charge in [0.05, 0.1) is 7.11 Å². The molecule has 1 heterocycles. The minimum atomic E-state index is -0.130. The first-order valence-corrected chi connectivity index (χ1v) is 5.19. The van der Waals surface area contributed by atoms with Crippen molar-refractivity contribution >= 4 is 29.7 Å². The summed E-state index contributed by atoms with van der Waals surface area (Å²) >= 11 is 1.36. The number of thiophene rings is 1. The molecule has 86 valence electrons. The Morgan fingerprint density at radius 3 is 2.93 bits per heavy atom. The molecule has 0 bridgehead atoms. The van der Waals surface area contributed by atoms with Crippen molar-refractivity contribution in [3.8, 4) is 5.75 Å². The Kier molecular flexibility index (Phi) is 6.31. The first-order chi connectivity index (χ1) is 6.69. The van der Waals surface area contributed by atoms with Gasteiger partial charge >= 0.3 is 0 Å². The number of amides is 1. The summed E-state index contributed by atoms with van der Waals surface area (Å²) in [4.78, 5) is 12.2. The summed E-state index contributed by atoms with van der Waals surface area (Å²) in [5, 5.41) is 4.59. The van der Waals surface area contributed by atoms with Crippen molar-refractivity contribution in [1.29, 1.82) is 0 Å². The quantitative estimate of drug-likeness (QED) is 0.846. The zero-order valence-electron chi connectivity index (χ0n) is 8.65. The lowest BCUT2D eigenvalue weighted by atomic mass is 10.3. The van der Waals surface area contributed by atoms with E-state index in [4.69, 9.17) is 10.5 Å². The van der Waals surface area contributed by atoms with Crippen molar-refractivity contribution in [3.05, 3.63) is 16.3 Å². The van der Waals surface area contributed by atoms with Gasteiger partial charge in [0.2, 0.25) is 0 Å². The van der Waals surface area contributed by atoms with Gasteiger partial charge < -0.3 is 15.8 Å². The number of nitrogens with two attached hydrogens (primary N) is 1. The fourth-order valence-corrected chi connectivity index (χ4v) is 1.73. The molecule has 0 spiro atoms. The Balaban J connectivity index is 0.00000196. The molecule has 0 aliphatic heterocycles. The molecule has 15 heavy (non-hydrogen) atoms. The van der Waals surface area contributed by atoms with Crippen molar-refractivity contribution in [1.82, 2.24) is 5.32 Å². The topological polar surface area (TPSA) is 64.3 Å². The zero-order chi connectivity index (χ0) is 10.6. The van der Waals surface area contributed by atoms with Crippen LogP contribution in [0.25, 0.3) is 0 Å². The van der Waals surface area contributed by atoms with E-state index in [1.54, 1.807) is 13.2 Å². The Morgan fingerprint density at radius 1 is 1.73 bits per heavy atom. The van der Waals surface area contributed by atoms with Gasteiger partial charge in [-0.3, -0.25) is 4.79 Å². The highest BCUT2D eigenvalue weighted by Gasteiger charge is 2.14. The number of rotatable bonds is 4. The smallest absolute Gasteiger partial charge is 0.265 e. The molecule has 0 aliphatic rings. The molecule has 0 unspecified atom stereocenters. The molecule has 0 aliphatic carbocycles. The Bertz CT molecular complexity index is 317. The molecule has 0 saturated heterocycles. The molecule has 4 nitrogen and oxygen atoms in total. The van der Waals surface area contributed by atoms with Gasteiger partial charge in [-0.05, 0) is 18.4 Å². The highest BCUT2D eigenvalue weighted by atomic mass is 35.5. The molecule has 1 amide bonds. The van der Waals surface area contributed by atoms with Gasteiger partial charge in [0.25, 0.3) is 5.91 Å². The predicted octanol–water partition coefficient (Wildman–Crippen LogP) is 1.26. The minimum Gasteiger partial charge on any atom is -0.495 e. The summed E-state index contributed by atoms with van der Waals surface area (Å²) in [5.41, 5.74) is 5.40. The molecule has 1 aromatic rings. The van der Waals surface area contributed by atoms with E-state index in [-0.39, 0.29) is 24.4 Å². The number of hydrogen-bond acceptors (Lipinski definition) is 4. The molecule has 1 atom stereocenters. The lowest BCUT2D eigenvalue weighted by molar-refractivity contribution is 0.0942. The van der Waals surface area contributed by atoms with Gasteiger partial charge in [-0.15, -0.1) is 23.7 Å². The Labute approximate surface area is 99.2 Å². The second kappa shape index (κ2) is 6.66. The van der Waals surface area contributed by atoms with Crippen LogP contribution < -0.4 is 15.8 Å². The van der Waals surface area contributed by atoms with Crippen LogP contribution in [0.5, 0.6) is 5.75 Å². The standard InChI is InChI=1S/C9H14N2O2S.ClH/c1-6(5-10)11-9(12)8-7(13-2)3-4-14-8;/h3-4,6H,5,10H2,1-2H3,(H,11,12);1H/t6-;/m1./s1. The number of halogens is 1. The summed E-state index contributed by atoms with van der Waals surface area (Å²) in [6, 6.07) is 1.75. The predicted molar refractivity (Wildman–Crippen MR) is 64.1 cm³/mol. The number of nitrogens with one attached hydrogen (secondary N) is 1. The van der Waals surface area contributed by atoms with Crippen molar-refractivity contribution in [3.63, 3.8) is 0 Å². The molecular weight excluding hydrogens is 236 g/mol. The molecule has 1 rings (SSSR count). The first-order valence-electron chi connectivity index (χ1n) is 4.31. The van der Waals surface area contributed by atoms with Gasteiger partial charge in [0.15, 0.2) is 0 Å². The number of hydrogen-bond donors (Lipinski definition) is 2. The average Bonchev–Trinajstić information content (AvgIpc) is 2.65. The molecule has 3 N–H and O–H groups in total. The number of carbonyl (C=O) groups is 1.